The second kappa shape index (κ2) is 6.03. The Balaban J connectivity index is 2.24. The van der Waals surface area contributed by atoms with Crippen molar-refractivity contribution >= 4 is 10.0 Å². The van der Waals surface area contributed by atoms with Crippen LogP contribution in [0.25, 0.3) is 0 Å². The van der Waals surface area contributed by atoms with Gasteiger partial charge in [-0.05, 0) is 25.3 Å². The van der Waals surface area contributed by atoms with Crippen LogP contribution in [-0.4, -0.2) is 38.2 Å². The summed E-state index contributed by atoms with van der Waals surface area (Å²) in [6.07, 6.45) is 1.81. The van der Waals surface area contributed by atoms with Crippen molar-refractivity contribution < 1.29 is 13.2 Å². The molecule has 0 aromatic heterocycles. The fourth-order valence-corrected chi connectivity index (χ4v) is 4.34. The summed E-state index contributed by atoms with van der Waals surface area (Å²) in [6.45, 7) is 2.55. The van der Waals surface area contributed by atoms with Crippen LogP contribution in [0, 0.1) is 0 Å². The fraction of sp³-hybridized carbons (Fsp3) is 0.571. The number of benzene rings is 1. The maximum atomic E-state index is 12.6. The number of sulfonamides is 1. The Kier molecular flexibility index (Phi) is 4.60. The third-order valence-corrected chi connectivity index (χ3v) is 5.87. The molecule has 0 amide bonds. The van der Waals surface area contributed by atoms with Gasteiger partial charge in [0.05, 0.1) is 11.9 Å². The first-order valence-electron chi connectivity index (χ1n) is 6.62. The first-order valence-corrected chi connectivity index (χ1v) is 8.12. The number of ether oxygens (including phenoxy) is 1. The Morgan fingerprint density at radius 2 is 2.05 bits per heavy atom. The highest BCUT2D eigenvalue weighted by atomic mass is 32.2. The lowest BCUT2D eigenvalue weighted by Crippen LogP contribution is -2.39. The van der Waals surface area contributed by atoms with E-state index in [1.54, 1.807) is 11.2 Å². The van der Waals surface area contributed by atoms with Gasteiger partial charge in [-0.1, -0.05) is 30.3 Å². The molecule has 2 rings (SSSR count). The van der Waals surface area contributed by atoms with Crippen LogP contribution in [0.1, 0.15) is 31.4 Å². The zero-order valence-electron chi connectivity index (χ0n) is 11.5. The summed E-state index contributed by atoms with van der Waals surface area (Å²) in [5, 5.41) is -0.498. The maximum Gasteiger partial charge on any atom is 0.219 e. The van der Waals surface area contributed by atoms with E-state index in [1.165, 1.54) is 7.11 Å². The van der Waals surface area contributed by atoms with Crippen LogP contribution >= 0.6 is 0 Å². The largest absolute Gasteiger partial charge is 0.383 e. The zero-order valence-corrected chi connectivity index (χ0v) is 12.3. The maximum absolute atomic E-state index is 12.6. The summed E-state index contributed by atoms with van der Waals surface area (Å²) in [6, 6.07) is 9.84. The molecule has 1 fully saturated rings. The summed E-state index contributed by atoms with van der Waals surface area (Å²) >= 11 is 0. The van der Waals surface area contributed by atoms with Crippen molar-refractivity contribution in [2.24, 2.45) is 0 Å². The molecule has 5 heteroatoms. The van der Waals surface area contributed by atoms with Gasteiger partial charge < -0.3 is 4.74 Å². The predicted octanol–water partition coefficient (Wildman–Crippen LogP) is 2.19. The van der Waals surface area contributed by atoms with Gasteiger partial charge in [0.1, 0.15) is 0 Å². The fourth-order valence-electron chi connectivity index (χ4n) is 2.60. The highest BCUT2D eigenvalue weighted by Gasteiger charge is 2.37. The van der Waals surface area contributed by atoms with Crippen LogP contribution in [0.5, 0.6) is 0 Å². The Morgan fingerprint density at radius 3 is 2.68 bits per heavy atom. The molecule has 1 aliphatic heterocycles. The summed E-state index contributed by atoms with van der Waals surface area (Å²) in [5.41, 5.74) is 1.08. The molecule has 0 unspecified atom stereocenters. The molecule has 19 heavy (non-hydrogen) atoms. The number of hydrogen-bond acceptors (Lipinski definition) is 3. The van der Waals surface area contributed by atoms with Crippen LogP contribution in [0.4, 0.5) is 0 Å². The summed E-state index contributed by atoms with van der Waals surface area (Å²) < 4.78 is 31.7. The van der Waals surface area contributed by atoms with Crippen molar-refractivity contribution in [2.75, 3.05) is 20.3 Å². The number of rotatable bonds is 5. The number of nitrogens with zero attached hydrogens (tertiary/aromatic N) is 1. The summed E-state index contributed by atoms with van der Waals surface area (Å²) in [7, 11) is -1.76. The van der Waals surface area contributed by atoms with E-state index >= 15 is 0 Å². The van der Waals surface area contributed by atoms with Crippen molar-refractivity contribution in [1.29, 1.82) is 0 Å². The van der Waals surface area contributed by atoms with Gasteiger partial charge in [-0.25, -0.2) is 8.42 Å². The average molecular weight is 283 g/mol. The normalized spacial score (nSPS) is 22.5. The topological polar surface area (TPSA) is 46.6 Å². The molecule has 1 aromatic rings. The Morgan fingerprint density at radius 1 is 1.37 bits per heavy atom. The van der Waals surface area contributed by atoms with E-state index in [4.69, 9.17) is 4.74 Å². The van der Waals surface area contributed by atoms with E-state index in [2.05, 4.69) is 0 Å². The molecule has 0 spiro atoms. The van der Waals surface area contributed by atoms with E-state index in [0.717, 1.165) is 18.4 Å². The van der Waals surface area contributed by atoms with E-state index < -0.39 is 15.3 Å². The van der Waals surface area contributed by atoms with Crippen molar-refractivity contribution in [3.05, 3.63) is 35.9 Å². The van der Waals surface area contributed by atoms with Gasteiger partial charge in [0.25, 0.3) is 0 Å². The molecule has 1 heterocycles. The van der Waals surface area contributed by atoms with Gasteiger partial charge in [-0.15, -0.1) is 0 Å². The van der Waals surface area contributed by atoms with Gasteiger partial charge in [0, 0.05) is 19.7 Å². The Labute approximate surface area is 115 Å². The third-order valence-electron chi connectivity index (χ3n) is 3.62. The number of methoxy groups -OCH3 is 1. The van der Waals surface area contributed by atoms with Crippen molar-refractivity contribution in [3.63, 3.8) is 0 Å². The van der Waals surface area contributed by atoms with Crippen molar-refractivity contribution in [2.45, 2.75) is 31.1 Å². The Bertz CT molecular complexity index is 501. The van der Waals surface area contributed by atoms with E-state index in [9.17, 15) is 8.42 Å². The van der Waals surface area contributed by atoms with Crippen LogP contribution in [0.3, 0.4) is 0 Å². The highest BCUT2D eigenvalue weighted by Crippen LogP contribution is 2.35. The first kappa shape index (κ1) is 14.5. The molecular formula is C14H21NO3S. The minimum absolute atomic E-state index is 0.0227. The van der Waals surface area contributed by atoms with E-state index in [1.807, 2.05) is 30.3 Å². The standard InChI is InChI=1S/C14H21NO3S/c1-12(11-18-2)19(16,17)15-10-6-9-14(15)13-7-4-3-5-8-13/h3-5,7-8,12,14H,6,9-11H2,1-2H3/t12-,14+/m1/s1. The molecule has 1 saturated heterocycles. The first-order chi connectivity index (χ1) is 9.07. The van der Waals surface area contributed by atoms with Gasteiger partial charge in [0.2, 0.25) is 10.0 Å². The van der Waals surface area contributed by atoms with E-state index in [-0.39, 0.29) is 12.6 Å². The molecule has 0 aliphatic carbocycles. The second-order valence-electron chi connectivity index (χ2n) is 4.99. The van der Waals surface area contributed by atoms with Gasteiger partial charge in [-0.3, -0.25) is 0 Å². The smallest absolute Gasteiger partial charge is 0.219 e. The molecule has 0 bridgehead atoms. The molecule has 106 valence electrons. The third kappa shape index (κ3) is 2.99. The van der Waals surface area contributed by atoms with Gasteiger partial charge in [0.15, 0.2) is 0 Å². The van der Waals surface area contributed by atoms with Crippen LogP contribution in [0.15, 0.2) is 30.3 Å². The van der Waals surface area contributed by atoms with Gasteiger partial charge in [-0.2, -0.15) is 4.31 Å². The van der Waals surface area contributed by atoms with Crippen molar-refractivity contribution in [3.8, 4) is 0 Å². The van der Waals surface area contributed by atoms with Crippen LogP contribution < -0.4 is 0 Å². The minimum Gasteiger partial charge on any atom is -0.383 e. The summed E-state index contributed by atoms with van der Waals surface area (Å²) in [5.74, 6) is 0. The Hall–Kier alpha value is -0.910. The molecule has 0 N–H and O–H groups in total. The highest BCUT2D eigenvalue weighted by molar-refractivity contribution is 7.89. The summed E-state index contributed by atoms with van der Waals surface area (Å²) in [4.78, 5) is 0. The molecule has 0 radical (unpaired) electrons. The van der Waals surface area contributed by atoms with Crippen LogP contribution in [-0.2, 0) is 14.8 Å². The molecule has 4 nitrogen and oxygen atoms in total. The minimum atomic E-state index is -3.29. The second-order valence-corrected chi connectivity index (χ2v) is 7.29. The van der Waals surface area contributed by atoms with Crippen molar-refractivity contribution in [1.82, 2.24) is 4.31 Å². The number of hydrogen-bond donors (Lipinski definition) is 0. The van der Waals surface area contributed by atoms with Gasteiger partial charge >= 0.3 is 0 Å². The molecule has 0 saturated carbocycles. The predicted molar refractivity (Wildman–Crippen MR) is 75.4 cm³/mol. The quantitative estimate of drug-likeness (QED) is 0.832. The molecule has 1 aliphatic rings. The average Bonchev–Trinajstić information content (AvgIpc) is 2.90. The zero-order chi connectivity index (χ0) is 13.9. The molecular weight excluding hydrogens is 262 g/mol. The van der Waals surface area contributed by atoms with Crippen LogP contribution in [0.2, 0.25) is 0 Å². The SMILES string of the molecule is COC[C@@H](C)S(=O)(=O)N1CCC[C@H]1c1ccccc1. The lowest BCUT2D eigenvalue weighted by Gasteiger charge is -2.27. The van der Waals surface area contributed by atoms with E-state index in [0.29, 0.717) is 6.54 Å². The monoisotopic (exact) mass is 283 g/mol. The lowest BCUT2D eigenvalue weighted by atomic mass is 10.1. The molecule has 1 aromatic carbocycles. The lowest BCUT2D eigenvalue weighted by molar-refractivity contribution is 0.197. The molecule has 2 atom stereocenters.